The lowest BCUT2D eigenvalue weighted by atomic mass is 10.1. The quantitative estimate of drug-likeness (QED) is 0.515. The zero-order chi connectivity index (χ0) is 22.3. The van der Waals surface area contributed by atoms with E-state index < -0.39 is 0 Å². The number of hydrogen-bond acceptors (Lipinski definition) is 2. The SMILES string of the molecule is CCc1ccc(N2C[C@H](C(=O)N(CCc3ccccc3)Cc3ccccc3)CC2=O)cc1. The van der Waals surface area contributed by atoms with Crippen LogP contribution in [-0.2, 0) is 29.0 Å². The molecule has 0 unspecified atom stereocenters. The van der Waals surface area contributed by atoms with Gasteiger partial charge >= 0.3 is 0 Å². The third-order valence-corrected chi connectivity index (χ3v) is 6.17. The summed E-state index contributed by atoms with van der Waals surface area (Å²) in [6.07, 6.45) is 2.03. The molecule has 1 fully saturated rings. The van der Waals surface area contributed by atoms with Crippen molar-refractivity contribution in [2.24, 2.45) is 5.92 Å². The topological polar surface area (TPSA) is 40.6 Å². The number of aryl methyl sites for hydroxylation is 1. The predicted molar refractivity (Wildman–Crippen MR) is 128 cm³/mol. The number of nitrogens with zero attached hydrogens (tertiary/aromatic N) is 2. The minimum absolute atomic E-state index is 0.0234. The average molecular weight is 427 g/mol. The Morgan fingerprint density at radius 1 is 0.875 bits per heavy atom. The van der Waals surface area contributed by atoms with E-state index in [2.05, 4.69) is 31.2 Å². The van der Waals surface area contributed by atoms with E-state index in [0.717, 1.165) is 24.1 Å². The molecular weight excluding hydrogens is 396 g/mol. The van der Waals surface area contributed by atoms with Crippen LogP contribution in [0.2, 0.25) is 0 Å². The van der Waals surface area contributed by atoms with Gasteiger partial charge in [0.05, 0.1) is 5.92 Å². The largest absolute Gasteiger partial charge is 0.338 e. The van der Waals surface area contributed by atoms with Crippen molar-refractivity contribution in [2.75, 3.05) is 18.0 Å². The molecule has 4 rings (SSSR count). The van der Waals surface area contributed by atoms with Crippen LogP contribution in [0.25, 0.3) is 0 Å². The van der Waals surface area contributed by atoms with Gasteiger partial charge in [0.2, 0.25) is 11.8 Å². The standard InChI is InChI=1S/C28H30N2O2/c1-2-22-13-15-26(16-14-22)30-21-25(19-27(30)31)28(32)29(20-24-11-7-4-8-12-24)18-17-23-9-5-3-6-10-23/h3-16,25H,2,17-21H2,1H3/t25-/m1/s1. The fraction of sp³-hybridized carbons (Fsp3) is 0.286. The van der Waals surface area contributed by atoms with Crippen LogP contribution in [-0.4, -0.2) is 29.8 Å². The van der Waals surface area contributed by atoms with Crippen LogP contribution in [0.3, 0.4) is 0 Å². The van der Waals surface area contributed by atoms with Crippen LogP contribution in [0.4, 0.5) is 5.69 Å². The lowest BCUT2D eigenvalue weighted by Gasteiger charge is -2.26. The maximum atomic E-state index is 13.5. The van der Waals surface area contributed by atoms with Crippen molar-refractivity contribution in [1.29, 1.82) is 0 Å². The Kier molecular flexibility index (Phi) is 7.00. The van der Waals surface area contributed by atoms with Gasteiger partial charge in [-0.3, -0.25) is 9.59 Å². The van der Waals surface area contributed by atoms with E-state index in [-0.39, 0.29) is 24.2 Å². The second kappa shape index (κ2) is 10.3. The van der Waals surface area contributed by atoms with Gasteiger partial charge < -0.3 is 9.80 Å². The van der Waals surface area contributed by atoms with Crippen molar-refractivity contribution in [3.05, 3.63) is 102 Å². The minimum atomic E-state index is -0.312. The second-order valence-corrected chi connectivity index (χ2v) is 8.41. The van der Waals surface area contributed by atoms with Crippen molar-refractivity contribution in [1.82, 2.24) is 4.90 Å². The molecule has 1 aliphatic rings. The number of carbonyl (C=O) groups excluding carboxylic acids is 2. The zero-order valence-electron chi connectivity index (χ0n) is 18.6. The zero-order valence-corrected chi connectivity index (χ0v) is 18.6. The first-order valence-corrected chi connectivity index (χ1v) is 11.4. The van der Waals surface area contributed by atoms with Crippen LogP contribution in [0.5, 0.6) is 0 Å². The summed E-state index contributed by atoms with van der Waals surface area (Å²) < 4.78 is 0. The van der Waals surface area contributed by atoms with E-state index in [9.17, 15) is 9.59 Å². The summed E-state index contributed by atoms with van der Waals surface area (Å²) >= 11 is 0. The minimum Gasteiger partial charge on any atom is -0.338 e. The number of anilines is 1. The first kappa shape index (κ1) is 21.8. The van der Waals surface area contributed by atoms with E-state index in [1.165, 1.54) is 11.1 Å². The van der Waals surface area contributed by atoms with E-state index >= 15 is 0 Å². The number of amides is 2. The Labute approximate surface area is 190 Å². The van der Waals surface area contributed by atoms with Gasteiger partial charge in [-0.15, -0.1) is 0 Å². The molecule has 1 aliphatic heterocycles. The number of rotatable bonds is 8. The first-order chi connectivity index (χ1) is 15.6. The predicted octanol–water partition coefficient (Wildman–Crippen LogP) is 4.87. The van der Waals surface area contributed by atoms with Gasteiger partial charge in [-0.05, 0) is 41.7 Å². The molecule has 0 bridgehead atoms. The maximum Gasteiger partial charge on any atom is 0.228 e. The highest BCUT2D eigenvalue weighted by atomic mass is 16.2. The molecule has 0 saturated carbocycles. The molecule has 0 aromatic heterocycles. The van der Waals surface area contributed by atoms with Crippen molar-refractivity contribution >= 4 is 17.5 Å². The van der Waals surface area contributed by atoms with Gasteiger partial charge in [-0.1, -0.05) is 79.7 Å². The van der Waals surface area contributed by atoms with Crippen LogP contribution in [0.15, 0.2) is 84.9 Å². The molecule has 1 atom stereocenters. The summed E-state index contributed by atoms with van der Waals surface area (Å²) in [6, 6.07) is 28.4. The second-order valence-electron chi connectivity index (χ2n) is 8.41. The van der Waals surface area contributed by atoms with Crippen LogP contribution >= 0.6 is 0 Å². The molecule has 1 heterocycles. The molecular formula is C28H30N2O2. The smallest absolute Gasteiger partial charge is 0.228 e. The van der Waals surface area contributed by atoms with E-state index in [4.69, 9.17) is 0 Å². The number of benzene rings is 3. The molecule has 1 saturated heterocycles. The summed E-state index contributed by atoms with van der Waals surface area (Å²) in [5.74, 6) is -0.228. The highest BCUT2D eigenvalue weighted by molar-refractivity contribution is 6.00. The summed E-state index contributed by atoms with van der Waals surface area (Å²) in [4.78, 5) is 30.0. The van der Waals surface area contributed by atoms with Crippen molar-refractivity contribution < 1.29 is 9.59 Å². The van der Waals surface area contributed by atoms with E-state index in [0.29, 0.717) is 19.6 Å². The molecule has 3 aromatic rings. The summed E-state index contributed by atoms with van der Waals surface area (Å²) in [6.45, 7) is 3.75. The molecule has 4 heteroatoms. The van der Waals surface area contributed by atoms with Crippen molar-refractivity contribution in [3.63, 3.8) is 0 Å². The molecule has 0 radical (unpaired) electrons. The molecule has 0 spiro atoms. The Bertz CT molecular complexity index is 1030. The fourth-order valence-electron chi connectivity index (χ4n) is 4.27. The lowest BCUT2D eigenvalue weighted by Crippen LogP contribution is -2.38. The first-order valence-electron chi connectivity index (χ1n) is 11.4. The molecule has 2 amide bonds. The highest BCUT2D eigenvalue weighted by Crippen LogP contribution is 2.27. The summed E-state index contributed by atoms with van der Waals surface area (Å²) in [5.41, 5.74) is 4.42. The molecule has 0 aliphatic carbocycles. The lowest BCUT2D eigenvalue weighted by molar-refractivity contribution is -0.136. The van der Waals surface area contributed by atoms with Crippen molar-refractivity contribution in [2.45, 2.75) is 32.7 Å². The Morgan fingerprint density at radius 3 is 2.12 bits per heavy atom. The summed E-state index contributed by atoms with van der Waals surface area (Å²) in [5, 5.41) is 0. The molecule has 164 valence electrons. The number of carbonyl (C=O) groups is 2. The van der Waals surface area contributed by atoms with Gasteiger partial charge in [-0.25, -0.2) is 0 Å². The van der Waals surface area contributed by atoms with Gasteiger partial charge in [0.15, 0.2) is 0 Å². The molecule has 0 N–H and O–H groups in total. The number of hydrogen-bond donors (Lipinski definition) is 0. The Morgan fingerprint density at radius 2 is 1.50 bits per heavy atom. The Balaban J connectivity index is 1.48. The summed E-state index contributed by atoms with van der Waals surface area (Å²) in [7, 11) is 0. The van der Waals surface area contributed by atoms with Crippen LogP contribution in [0, 0.1) is 5.92 Å². The van der Waals surface area contributed by atoms with Crippen molar-refractivity contribution in [3.8, 4) is 0 Å². The molecule has 3 aromatic carbocycles. The van der Waals surface area contributed by atoms with Gasteiger partial charge in [0.25, 0.3) is 0 Å². The highest BCUT2D eigenvalue weighted by Gasteiger charge is 2.37. The van der Waals surface area contributed by atoms with Gasteiger partial charge in [0, 0.05) is 31.7 Å². The van der Waals surface area contributed by atoms with E-state index in [1.54, 1.807) is 4.90 Å². The third-order valence-electron chi connectivity index (χ3n) is 6.17. The molecule has 4 nitrogen and oxygen atoms in total. The Hall–Kier alpha value is -3.40. The third kappa shape index (κ3) is 5.25. The average Bonchev–Trinajstić information content (AvgIpc) is 3.24. The van der Waals surface area contributed by atoms with Gasteiger partial charge in [0.1, 0.15) is 0 Å². The molecule has 32 heavy (non-hydrogen) atoms. The monoisotopic (exact) mass is 426 g/mol. The fourth-order valence-corrected chi connectivity index (χ4v) is 4.27. The van der Waals surface area contributed by atoms with Crippen LogP contribution < -0.4 is 4.90 Å². The normalized spacial score (nSPS) is 15.7. The maximum absolute atomic E-state index is 13.5. The van der Waals surface area contributed by atoms with Crippen LogP contribution in [0.1, 0.15) is 30.0 Å². The van der Waals surface area contributed by atoms with Gasteiger partial charge in [-0.2, -0.15) is 0 Å². The van der Waals surface area contributed by atoms with E-state index in [1.807, 2.05) is 65.6 Å².